The zero-order valence-corrected chi connectivity index (χ0v) is 13.4. The van der Waals surface area contributed by atoms with Crippen LogP contribution in [0.5, 0.6) is 0 Å². The fourth-order valence-electron chi connectivity index (χ4n) is 2.96. The van der Waals surface area contributed by atoms with Crippen LogP contribution in [-0.2, 0) is 4.74 Å². The average molecular weight is 311 g/mol. The molecule has 0 aliphatic carbocycles. The van der Waals surface area contributed by atoms with E-state index >= 15 is 0 Å². The summed E-state index contributed by atoms with van der Waals surface area (Å²) in [7, 11) is 3.50. The van der Waals surface area contributed by atoms with Crippen molar-refractivity contribution in [1.82, 2.24) is 20.4 Å². The van der Waals surface area contributed by atoms with E-state index in [1.54, 1.807) is 30.3 Å². The van der Waals surface area contributed by atoms with Crippen molar-refractivity contribution < 1.29 is 9.53 Å². The van der Waals surface area contributed by atoms with E-state index in [1.165, 1.54) is 0 Å². The number of fused-ring (bicyclic) bond motifs is 1. The van der Waals surface area contributed by atoms with Gasteiger partial charge in [-0.1, -0.05) is 11.3 Å². The molecule has 0 spiro atoms. The number of nitrogens with one attached hydrogen (secondary N) is 1. The number of aryl methyl sites for hydroxylation is 1. The van der Waals surface area contributed by atoms with E-state index < -0.39 is 0 Å². The van der Waals surface area contributed by atoms with Gasteiger partial charge >= 0.3 is 6.03 Å². The number of aromatic nitrogens is 2. The van der Waals surface area contributed by atoms with Gasteiger partial charge in [-0.05, 0) is 6.92 Å². The third-order valence-corrected chi connectivity index (χ3v) is 5.05. The number of anilines is 1. The minimum absolute atomic E-state index is 0.0481. The number of carbonyl (C=O) groups is 1. The first-order valence-electron chi connectivity index (χ1n) is 7.16. The molecule has 3 rings (SSSR count). The van der Waals surface area contributed by atoms with Crippen molar-refractivity contribution in [3.8, 4) is 0 Å². The lowest BCUT2D eigenvalue weighted by molar-refractivity contribution is 0.111. The lowest BCUT2D eigenvalue weighted by Crippen LogP contribution is -2.39. The van der Waals surface area contributed by atoms with Crippen molar-refractivity contribution in [2.75, 3.05) is 45.2 Å². The van der Waals surface area contributed by atoms with Gasteiger partial charge in [0.25, 0.3) is 0 Å². The van der Waals surface area contributed by atoms with Crippen LogP contribution < -0.4 is 10.2 Å². The molecule has 2 fully saturated rings. The number of rotatable bonds is 3. The Morgan fingerprint density at radius 2 is 2.29 bits per heavy atom. The molecule has 21 heavy (non-hydrogen) atoms. The summed E-state index contributed by atoms with van der Waals surface area (Å²) in [5.41, 5.74) is 0. The van der Waals surface area contributed by atoms with E-state index in [9.17, 15) is 4.79 Å². The SMILES string of the molecule is Cc1nnc(N2C[C@@H]3[C@H](CNC(=O)N(C)C)CO[C@@H]3C2)s1. The van der Waals surface area contributed by atoms with E-state index in [0.717, 1.165) is 29.8 Å². The van der Waals surface area contributed by atoms with E-state index in [0.29, 0.717) is 18.4 Å². The summed E-state index contributed by atoms with van der Waals surface area (Å²) in [6, 6.07) is -0.0481. The summed E-state index contributed by atoms with van der Waals surface area (Å²) < 4.78 is 5.89. The fraction of sp³-hybridized carbons (Fsp3) is 0.769. The highest BCUT2D eigenvalue weighted by atomic mass is 32.1. The van der Waals surface area contributed by atoms with Gasteiger partial charge in [-0.3, -0.25) is 0 Å². The highest BCUT2D eigenvalue weighted by molar-refractivity contribution is 7.15. The van der Waals surface area contributed by atoms with E-state index in [2.05, 4.69) is 20.4 Å². The third-order valence-electron chi connectivity index (χ3n) is 4.15. The Hall–Kier alpha value is -1.41. The maximum atomic E-state index is 11.6. The minimum Gasteiger partial charge on any atom is -0.376 e. The van der Waals surface area contributed by atoms with Crippen LogP contribution in [0.2, 0.25) is 0 Å². The molecule has 2 aliphatic heterocycles. The van der Waals surface area contributed by atoms with Crippen LogP contribution in [0.4, 0.5) is 9.93 Å². The molecular formula is C13H21N5O2S. The second-order valence-electron chi connectivity index (χ2n) is 5.88. The van der Waals surface area contributed by atoms with Gasteiger partial charge in [0.15, 0.2) is 0 Å². The number of carbonyl (C=O) groups excluding carboxylic acids is 1. The molecule has 0 bridgehead atoms. The van der Waals surface area contributed by atoms with E-state index in [4.69, 9.17) is 4.74 Å². The van der Waals surface area contributed by atoms with Crippen LogP contribution in [0.1, 0.15) is 5.01 Å². The molecule has 8 heteroatoms. The van der Waals surface area contributed by atoms with Crippen molar-refractivity contribution >= 4 is 22.5 Å². The molecule has 2 amide bonds. The molecule has 116 valence electrons. The summed E-state index contributed by atoms with van der Waals surface area (Å²) in [5, 5.41) is 13.2. The normalized spacial score (nSPS) is 27.8. The van der Waals surface area contributed by atoms with Crippen LogP contribution in [0.25, 0.3) is 0 Å². The molecule has 0 unspecified atom stereocenters. The second kappa shape index (κ2) is 5.76. The van der Waals surface area contributed by atoms with Crippen LogP contribution in [0.15, 0.2) is 0 Å². The summed E-state index contributed by atoms with van der Waals surface area (Å²) in [5.74, 6) is 0.828. The van der Waals surface area contributed by atoms with E-state index in [-0.39, 0.29) is 12.1 Å². The predicted octanol–water partition coefficient (Wildman–Crippen LogP) is 0.569. The zero-order valence-electron chi connectivity index (χ0n) is 12.6. The summed E-state index contributed by atoms with van der Waals surface area (Å²) in [6.07, 6.45) is 0.246. The van der Waals surface area contributed by atoms with Gasteiger partial charge in [0.05, 0.1) is 12.7 Å². The fourth-order valence-corrected chi connectivity index (χ4v) is 3.66. The molecule has 3 heterocycles. The lowest BCUT2D eigenvalue weighted by atomic mass is 9.93. The van der Waals surface area contributed by atoms with Crippen LogP contribution in [0.3, 0.4) is 0 Å². The molecule has 3 atom stereocenters. The Labute approximate surface area is 128 Å². The van der Waals surface area contributed by atoms with Gasteiger partial charge in [0.1, 0.15) is 5.01 Å². The van der Waals surface area contributed by atoms with Crippen LogP contribution in [0, 0.1) is 18.8 Å². The van der Waals surface area contributed by atoms with Crippen molar-refractivity contribution in [3.05, 3.63) is 5.01 Å². The number of amides is 2. The largest absolute Gasteiger partial charge is 0.376 e. The average Bonchev–Trinajstić information content (AvgIpc) is 3.10. The van der Waals surface area contributed by atoms with Gasteiger partial charge < -0.3 is 19.9 Å². The van der Waals surface area contributed by atoms with Gasteiger partial charge in [-0.15, -0.1) is 10.2 Å². The summed E-state index contributed by atoms with van der Waals surface area (Å²) in [4.78, 5) is 15.4. The molecular weight excluding hydrogens is 290 g/mol. The molecule has 1 aromatic rings. The monoisotopic (exact) mass is 311 g/mol. The maximum Gasteiger partial charge on any atom is 0.316 e. The maximum absolute atomic E-state index is 11.6. The van der Waals surface area contributed by atoms with Gasteiger partial charge in [-0.25, -0.2) is 4.79 Å². The van der Waals surface area contributed by atoms with Crippen molar-refractivity contribution in [3.63, 3.8) is 0 Å². The first-order valence-corrected chi connectivity index (χ1v) is 7.98. The molecule has 2 aliphatic rings. The first kappa shape index (κ1) is 14.5. The highest BCUT2D eigenvalue weighted by Crippen LogP contribution is 2.36. The molecule has 0 aromatic carbocycles. The number of hydrogen-bond donors (Lipinski definition) is 1. The number of nitrogens with zero attached hydrogens (tertiary/aromatic N) is 4. The predicted molar refractivity (Wildman–Crippen MR) is 80.7 cm³/mol. The Kier molecular flexibility index (Phi) is 3.99. The number of urea groups is 1. The minimum atomic E-state index is -0.0481. The smallest absolute Gasteiger partial charge is 0.316 e. The molecule has 1 aromatic heterocycles. The Bertz CT molecular complexity index is 520. The molecule has 2 saturated heterocycles. The van der Waals surface area contributed by atoms with Gasteiger partial charge in [0.2, 0.25) is 5.13 Å². The molecule has 0 radical (unpaired) electrons. The molecule has 0 saturated carbocycles. The first-order chi connectivity index (χ1) is 10.0. The summed E-state index contributed by atoms with van der Waals surface area (Å²) >= 11 is 1.62. The second-order valence-corrected chi connectivity index (χ2v) is 7.04. The molecule has 1 N–H and O–H groups in total. The van der Waals surface area contributed by atoms with Crippen molar-refractivity contribution in [2.45, 2.75) is 13.0 Å². The number of ether oxygens (including phenoxy) is 1. The lowest BCUT2D eigenvalue weighted by Gasteiger charge is -2.20. The van der Waals surface area contributed by atoms with Gasteiger partial charge in [-0.2, -0.15) is 0 Å². The molecule has 7 nitrogen and oxygen atoms in total. The Balaban J connectivity index is 1.57. The Morgan fingerprint density at radius 3 is 2.95 bits per heavy atom. The quantitative estimate of drug-likeness (QED) is 0.884. The standard InChI is InChI=1S/C13H21N5O2S/c1-8-15-16-13(21-8)18-5-10-9(7-20-11(10)6-18)4-14-12(19)17(2)3/h9-11H,4-7H2,1-3H3,(H,14,19)/t9-,10-,11-/m1/s1. The third kappa shape index (κ3) is 2.96. The van der Waals surface area contributed by atoms with Gasteiger partial charge in [0, 0.05) is 45.6 Å². The van der Waals surface area contributed by atoms with Crippen molar-refractivity contribution in [2.24, 2.45) is 11.8 Å². The topological polar surface area (TPSA) is 70.6 Å². The Morgan fingerprint density at radius 1 is 1.48 bits per heavy atom. The van der Waals surface area contributed by atoms with Crippen LogP contribution >= 0.6 is 11.3 Å². The summed E-state index contributed by atoms with van der Waals surface area (Å²) in [6.45, 7) is 5.17. The van der Waals surface area contributed by atoms with Crippen LogP contribution in [-0.4, -0.2) is 67.6 Å². The van der Waals surface area contributed by atoms with Crippen molar-refractivity contribution in [1.29, 1.82) is 0 Å². The zero-order chi connectivity index (χ0) is 15.0. The highest BCUT2D eigenvalue weighted by Gasteiger charge is 2.44. The number of hydrogen-bond acceptors (Lipinski definition) is 6. The van der Waals surface area contributed by atoms with E-state index in [1.807, 2.05) is 6.92 Å².